The Morgan fingerprint density at radius 1 is 1.22 bits per heavy atom. The third-order valence-electron chi connectivity index (χ3n) is 4.51. The molecule has 0 saturated carbocycles. The van der Waals surface area contributed by atoms with Gasteiger partial charge in [0.05, 0.1) is 12.3 Å². The van der Waals surface area contributed by atoms with Gasteiger partial charge in [-0.2, -0.15) is 0 Å². The largest absolute Gasteiger partial charge is 0.393 e. The molecule has 1 heterocycles. The number of para-hydroxylation sites is 1. The summed E-state index contributed by atoms with van der Waals surface area (Å²) >= 11 is 0. The van der Waals surface area contributed by atoms with Gasteiger partial charge in [-0.1, -0.05) is 42.5 Å². The van der Waals surface area contributed by atoms with Gasteiger partial charge in [0.15, 0.2) is 0 Å². The Morgan fingerprint density at radius 3 is 2.74 bits per heavy atom. The van der Waals surface area contributed by atoms with Crippen molar-refractivity contribution in [1.82, 2.24) is 15.0 Å². The quantitative estimate of drug-likeness (QED) is 0.670. The molecule has 2 aromatic carbocycles. The molecule has 6 nitrogen and oxygen atoms in total. The number of amides is 1. The Kier molecular flexibility index (Phi) is 5.98. The first-order valence-electron chi connectivity index (χ1n) is 9.12. The third-order valence-corrected chi connectivity index (χ3v) is 4.51. The van der Waals surface area contributed by atoms with Crippen molar-refractivity contribution in [2.75, 3.05) is 5.32 Å². The van der Waals surface area contributed by atoms with Crippen LogP contribution in [-0.4, -0.2) is 32.1 Å². The van der Waals surface area contributed by atoms with Gasteiger partial charge in [0.2, 0.25) is 0 Å². The fourth-order valence-electron chi connectivity index (χ4n) is 2.77. The zero-order chi connectivity index (χ0) is 19.2. The number of aromatic nitrogens is 3. The van der Waals surface area contributed by atoms with E-state index in [2.05, 4.69) is 15.6 Å². The molecule has 1 aromatic heterocycles. The van der Waals surface area contributed by atoms with Crippen molar-refractivity contribution in [3.63, 3.8) is 0 Å². The number of carbonyl (C=O) groups excluding carboxylic acids is 1. The van der Waals surface area contributed by atoms with Crippen molar-refractivity contribution in [3.05, 3.63) is 65.9 Å². The van der Waals surface area contributed by atoms with Crippen molar-refractivity contribution >= 4 is 11.6 Å². The van der Waals surface area contributed by atoms with Crippen molar-refractivity contribution in [2.45, 2.75) is 39.3 Å². The minimum atomic E-state index is -0.328. The van der Waals surface area contributed by atoms with Crippen LogP contribution >= 0.6 is 0 Å². The summed E-state index contributed by atoms with van der Waals surface area (Å²) in [4.78, 5) is 12.7. The van der Waals surface area contributed by atoms with Crippen LogP contribution in [0.4, 0.5) is 5.69 Å². The molecular weight excluding hydrogens is 340 g/mol. The molecule has 3 aromatic rings. The van der Waals surface area contributed by atoms with E-state index in [1.165, 1.54) is 0 Å². The number of carbonyl (C=O) groups is 1. The van der Waals surface area contributed by atoms with Gasteiger partial charge in [-0.25, -0.2) is 0 Å². The number of rotatable bonds is 7. The van der Waals surface area contributed by atoms with E-state index in [1.54, 1.807) is 4.68 Å². The highest BCUT2D eigenvalue weighted by Crippen LogP contribution is 2.21. The summed E-state index contributed by atoms with van der Waals surface area (Å²) < 4.78 is 1.72. The maximum atomic E-state index is 12.7. The van der Waals surface area contributed by atoms with Crippen LogP contribution in [0, 0.1) is 6.92 Å². The zero-order valence-electron chi connectivity index (χ0n) is 15.6. The third kappa shape index (κ3) is 4.80. The summed E-state index contributed by atoms with van der Waals surface area (Å²) in [7, 11) is 0. The number of hydrogen-bond acceptors (Lipinski definition) is 4. The molecule has 0 aliphatic heterocycles. The van der Waals surface area contributed by atoms with Crippen LogP contribution < -0.4 is 5.32 Å². The van der Waals surface area contributed by atoms with E-state index in [1.807, 2.05) is 68.6 Å². The number of benzene rings is 2. The van der Waals surface area contributed by atoms with Gasteiger partial charge in [-0.3, -0.25) is 9.48 Å². The van der Waals surface area contributed by atoms with E-state index in [-0.39, 0.29) is 12.0 Å². The monoisotopic (exact) mass is 364 g/mol. The summed E-state index contributed by atoms with van der Waals surface area (Å²) in [6.07, 6.45) is 2.87. The van der Waals surface area contributed by atoms with Crippen LogP contribution in [0.1, 0.15) is 35.7 Å². The van der Waals surface area contributed by atoms with Crippen molar-refractivity contribution < 1.29 is 9.90 Å². The molecule has 0 fully saturated rings. The van der Waals surface area contributed by atoms with E-state index in [9.17, 15) is 9.90 Å². The van der Waals surface area contributed by atoms with Gasteiger partial charge >= 0.3 is 0 Å². The van der Waals surface area contributed by atoms with Crippen LogP contribution in [0.25, 0.3) is 11.3 Å². The molecule has 6 heteroatoms. The average molecular weight is 364 g/mol. The highest BCUT2D eigenvalue weighted by atomic mass is 16.3. The number of aliphatic hydroxyl groups excluding tert-OH is 1. The fraction of sp³-hybridized carbons (Fsp3) is 0.286. The van der Waals surface area contributed by atoms with Crippen molar-refractivity contribution in [3.8, 4) is 11.3 Å². The maximum absolute atomic E-state index is 12.7. The molecule has 0 bridgehead atoms. The fourth-order valence-corrected chi connectivity index (χ4v) is 2.77. The van der Waals surface area contributed by atoms with Crippen LogP contribution in [-0.2, 0) is 6.54 Å². The number of hydrogen-bond donors (Lipinski definition) is 2. The molecule has 0 radical (unpaired) electrons. The predicted molar refractivity (Wildman–Crippen MR) is 106 cm³/mol. The summed E-state index contributed by atoms with van der Waals surface area (Å²) in [6.45, 7) is 4.47. The Labute approximate surface area is 158 Å². The standard InChI is InChI=1S/C21H24N4O2/c1-3-18(26)11-12-25-14-20(23-24-25)16-10-9-15(2)19(13-16)21(27)22-17-7-5-4-6-8-17/h4-10,13-14,18,26H,3,11-12H2,1-2H3,(H,22,27). The Balaban J connectivity index is 1.77. The van der Waals surface area contributed by atoms with Crippen LogP contribution in [0.15, 0.2) is 54.7 Å². The number of nitrogens with one attached hydrogen (secondary N) is 1. The molecule has 1 unspecified atom stereocenters. The molecule has 140 valence electrons. The van der Waals surface area contributed by atoms with Gasteiger partial charge in [-0.15, -0.1) is 5.10 Å². The molecule has 0 aliphatic rings. The number of nitrogens with zero attached hydrogens (tertiary/aromatic N) is 3. The highest BCUT2D eigenvalue weighted by molar-refractivity contribution is 6.05. The molecule has 0 saturated heterocycles. The first-order valence-corrected chi connectivity index (χ1v) is 9.12. The average Bonchev–Trinajstić information content (AvgIpc) is 3.16. The smallest absolute Gasteiger partial charge is 0.255 e. The Morgan fingerprint density at radius 2 is 2.00 bits per heavy atom. The normalized spacial score (nSPS) is 12.0. The van der Waals surface area contributed by atoms with Gasteiger partial charge in [0.25, 0.3) is 5.91 Å². The number of aryl methyl sites for hydroxylation is 2. The van der Waals surface area contributed by atoms with Gasteiger partial charge in [-0.05, 0) is 43.5 Å². The Bertz CT molecular complexity index is 906. The molecule has 27 heavy (non-hydrogen) atoms. The molecule has 1 atom stereocenters. The second-order valence-electron chi connectivity index (χ2n) is 6.57. The molecular formula is C21H24N4O2. The molecule has 3 rings (SSSR count). The number of aliphatic hydroxyl groups is 1. The summed E-state index contributed by atoms with van der Waals surface area (Å²) in [5, 5.41) is 20.9. The second kappa shape index (κ2) is 8.60. The second-order valence-corrected chi connectivity index (χ2v) is 6.57. The lowest BCUT2D eigenvalue weighted by Gasteiger charge is -2.09. The topological polar surface area (TPSA) is 80.0 Å². The molecule has 0 spiro atoms. The minimum Gasteiger partial charge on any atom is -0.393 e. The van der Waals surface area contributed by atoms with E-state index >= 15 is 0 Å². The van der Waals surface area contributed by atoms with Crippen molar-refractivity contribution in [1.29, 1.82) is 0 Å². The van der Waals surface area contributed by atoms with E-state index in [4.69, 9.17) is 0 Å². The lowest BCUT2D eigenvalue weighted by molar-refractivity contribution is 0.102. The zero-order valence-corrected chi connectivity index (χ0v) is 15.6. The van der Waals surface area contributed by atoms with E-state index in [0.29, 0.717) is 24.2 Å². The minimum absolute atomic E-state index is 0.154. The van der Waals surface area contributed by atoms with Crippen LogP contribution in [0.3, 0.4) is 0 Å². The molecule has 0 aliphatic carbocycles. The highest BCUT2D eigenvalue weighted by Gasteiger charge is 2.13. The van der Waals surface area contributed by atoms with Crippen LogP contribution in [0.5, 0.6) is 0 Å². The summed E-state index contributed by atoms with van der Waals surface area (Å²) in [5.74, 6) is -0.154. The SMILES string of the molecule is CCC(O)CCn1cc(-c2ccc(C)c(C(=O)Nc3ccccc3)c2)nn1. The predicted octanol–water partition coefficient (Wildman–Crippen LogP) is 3.67. The molecule has 2 N–H and O–H groups in total. The van der Waals surface area contributed by atoms with Crippen LogP contribution in [0.2, 0.25) is 0 Å². The lowest BCUT2D eigenvalue weighted by atomic mass is 10.0. The first kappa shape index (κ1) is 18.8. The van der Waals surface area contributed by atoms with Gasteiger partial charge in [0.1, 0.15) is 5.69 Å². The lowest BCUT2D eigenvalue weighted by Crippen LogP contribution is -2.13. The van der Waals surface area contributed by atoms with Gasteiger partial charge in [0, 0.05) is 23.4 Å². The van der Waals surface area contributed by atoms with E-state index < -0.39 is 0 Å². The first-order chi connectivity index (χ1) is 13.1. The maximum Gasteiger partial charge on any atom is 0.255 e. The summed E-state index contributed by atoms with van der Waals surface area (Å²) in [6, 6.07) is 15.1. The van der Waals surface area contributed by atoms with Gasteiger partial charge < -0.3 is 10.4 Å². The van der Waals surface area contributed by atoms with E-state index in [0.717, 1.165) is 23.2 Å². The summed E-state index contributed by atoms with van der Waals surface area (Å²) in [5.41, 5.74) is 3.79. The van der Waals surface area contributed by atoms with Crippen molar-refractivity contribution in [2.24, 2.45) is 0 Å². The molecule has 1 amide bonds. The number of anilines is 1. The Hall–Kier alpha value is -2.99.